The van der Waals surface area contributed by atoms with Crippen molar-refractivity contribution in [3.63, 3.8) is 0 Å². The Morgan fingerprint density at radius 1 is 1.11 bits per heavy atom. The monoisotopic (exact) mass is 389 g/mol. The number of carbonyl (C=O) groups excluding carboxylic acids is 1. The lowest BCUT2D eigenvalue weighted by molar-refractivity contribution is -0.137. The van der Waals surface area contributed by atoms with E-state index in [1.54, 1.807) is 0 Å². The number of para-hydroxylation sites is 2. The predicted octanol–water partition coefficient (Wildman–Crippen LogP) is 5.03. The number of aromatic amines is 1. The van der Waals surface area contributed by atoms with Crippen LogP contribution in [0.1, 0.15) is 43.3 Å². The minimum absolute atomic E-state index is 0.00691. The molecule has 3 rings (SSSR count). The molecule has 3 aromatic rings. The van der Waals surface area contributed by atoms with Crippen LogP contribution in [0.5, 0.6) is 0 Å². The van der Waals surface area contributed by atoms with Crippen molar-refractivity contribution in [3.05, 3.63) is 65.5 Å². The number of carbonyl (C=O) groups is 1. The number of imidazole rings is 1. The van der Waals surface area contributed by atoms with Crippen molar-refractivity contribution in [2.24, 2.45) is 5.92 Å². The maximum atomic E-state index is 12.7. The van der Waals surface area contributed by atoms with E-state index in [0.717, 1.165) is 23.2 Å². The summed E-state index contributed by atoms with van der Waals surface area (Å²) in [4.78, 5) is 20.3. The maximum Gasteiger partial charge on any atom is 0.416 e. The zero-order valence-corrected chi connectivity index (χ0v) is 15.7. The summed E-state index contributed by atoms with van der Waals surface area (Å²) in [6, 6.07) is 12.0. The number of alkyl halides is 3. The molecule has 28 heavy (non-hydrogen) atoms. The normalized spacial score (nSPS) is 13.1. The number of aromatic nitrogens is 2. The van der Waals surface area contributed by atoms with Crippen LogP contribution in [-0.2, 0) is 17.4 Å². The lowest BCUT2D eigenvalue weighted by atomic mass is 10.0. The number of rotatable bonds is 6. The van der Waals surface area contributed by atoms with E-state index >= 15 is 0 Å². The second-order valence-electron chi connectivity index (χ2n) is 7.26. The Kier molecular flexibility index (Phi) is 5.72. The van der Waals surface area contributed by atoms with Crippen LogP contribution in [-0.4, -0.2) is 15.9 Å². The quantitative estimate of drug-likeness (QED) is 0.621. The van der Waals surface area contributed by atoms with E-state index in [-0.39, 0.29) is 18.4 Å². The van der Waals surface area contributed by atoms with E-state index in [0.29, 0.717) is 23.7 Å². The highest BCUT2D eigenvalue weighted by molar-refractivity contribution is 5.79. The van der Waals surface area contributed by atoms with E-state index < -0.39 is 11.7 Å². The van der Waals surface area contributed by atoms with Crippen molar-refractivity contribution in [1.29, 1.82) is 0 Å². The third kappa shape index (κ3) is 4.91. The van der Waals surface area contributed by atoms with Crippen LogP contribution in [0, 0.1) is 5.92 Å². The molecule has 0 bridgehead atoms. The van der Waals surface area contributed by atoms with Gasteiger partial charge in [-0.25, -0.2) is 4.98 Å². The summed E-state index contributed by atoms with van der Waals surface area (Å²) in [5.74, 6) is 0.742. The molecule has 0 fully saturated rings. The molecule has 2 N–H and O–H groups in total. The second-order valence-corrected chi connectivity index (χ2v) is 7.26. The zero-order valence-electron chi connectivity index (χ0n) is 15.7. The fourth-order valence-corrected chi connectivity index (χ4v) is 3.09. The fourth-order valence-electron chi connectivity index (χ4n) is 3.09. The fraction of sp³-hybridized carbons (Fsp3) is 0.333. The average Bonchev–Trinajstić information content (AvgIpc) is 3.04. The van der Waals surface area contributed by atoms with Crippen LogP contribution in [0.4, 0.5) is 13.2 Å². The molecular weight excluding hydrogens is 367 g/mol. The molecular formula is C21H22F3N3O. The number of H-pyrrole nitrogens is 1. The lowest BCUT2D eigenvalue weighted by Crippen LogP contribution is -2.31. The molecule has 148 valence electrons. The maximum absolute atomic E-state index is 12.7. The molecule has 0 saturated heterocycles. The minimum Gasteiger partial charge on any atom is -0.346 e. The summed E-state index contributed by atoms with van der Waals surface area (Å²) >= 11 is 0. The first-order valence-corrected chi connectivity index (χ1v) is 9.12. The van der Waals surface area contributed by atoms with Gasteiger partial charge in [0.15, 0.2) is 0 Å². The number of nitrogens with one attached hydrogen (secondary N) is 2. The number of amides is 1. The standard InChI is InChI=1S/C21H22F3N3O/c1-13(2)11-18(20-26-16-5-3-4-6-17(16)27-20)25-19(28)12-14-7-9-15(10-8-14)21(22,23)24/h3-10,13,18H,11-12H2,1-2H3,(H,25,28)(H,26,27)/t18-/m1/s1. The molecule has 2 aromatic carbocycles. The van der Waals surface area contributed by atoms with E-state index in [9.17, 15) is 18.0 Å². The second kappa shape index (κ2) is 8.04. The van der Waals surface area contributed by atoms with E-state index in [4.69, 9.17) is 0 Å². The van der Waals surface area contributed by atoms with Crippen molar-refractivity contribution in [2.75, 3.05) is 0 Å². The van der Waals surface area contributed by atoms with E-state index in [1.165, 1.54) is 12.1 Å². The smallest absolute Gasteiger partial charge is 0.346 e. The van der Waals surface area contributed by atoms with Crippen molar-refractivity contribution >= 4 is 16.9 Å². The molecule has 0 saturated carbocycles. The van der Waals surface area contributed by atoms with Crippen LogP contribution >= 0.6 is 0 Å². The summed E-state index contributed by atoms with van der Waals surface area (Å²) in [6.07, 6.45) is -3.68. The van der Waals surface area contributed by atoms with Crippen molar-refractivity contribution in [3.8, 4) is 0 Å². The molecule has 0 radical (unpaired) electrons. The molecule has 0 unspecified atom stereocenters. The van der Waals surface area contributed by atoms with Crippen molar-refractivity contribution < 1.29 is 18.0 Å². The van der Waals surface area contributed by atoms with Crippen LogP contribution in [0.2, 0.25) is 0 Å². The first-order valence-electron chi connectivity index (χ1n) is 9.12. The molecule has 0 aliphatic carbocycles. The number of hydrogen-bond acceptors (Lipinski definition) is 2. The molecule has 0 aliphatic heterocycles. The summed E-state index contributed by atoms with van der Waals surface area (Å²) in [7, 11) is 0. The number of halogens is 3. The summed E-state index contributed by atoms with van der Waals surface area (Å²) in [5, 5.41) is 2.96. The molecule has 0 aliphatic rings. The van der Waals surface area contributed by atoms with Gasteiger partial charge in [0.2, 0.25) is 5.91 Å². The Balaban J connectivity index is 1.72. The van der Waals surface area contributed by atoms with Crippen LogP contribution in [0.15, 0.2) is 48.5 Å². The highest BCUT2D eigenvalue weighted by Gasteiger charge is 2.30. The molecule has 7 heteroatoms. The Hall–Kier alpha value is -2.83. The highest BCUT2D eigenvalue weighted by atomic mass is 19.4. The molecule has 1 amide bonds. The third-order valence-electron chi connectivity index (χ3n) is 4.43. The van der Waals surface area contributed by atoms with E-state index in [1.807, 2.05) is 24.3 Å². The Labute approximate surface area is 161 Å². The molecule has 1 heterocycles. The number of fused-ring (bicyclic) bond motifs is 1. The van der Waals surface area contributed by atoms with Gasteiger partial charge < -0.3 is 10.3 Å². The van der Waals surface area contributed by atoms with Gasteiger partial charge >= 0.3 is 6.18 Å². The molecule has 4 nitrogen and oxygen atoms in total. The average molecular weight is 389 g/mol. The van der Waals surface area contributed by atoms with Crippen LogP contribution < -0.4 is 5.32 Å². The Morgan fingerprint density at radius 2 is 1.79 bits per heavy atom. The van der Waals surface area contributed by atoms with Gasteiger partial charge in [0.25, 0.3) is 0 Å². The molecule has 0 spiro atoms. The molecule has 1 aromatic heterocycles. The van der Waals surface area contributed by atoms with Crippen molar-refractivity contribution in [2.45, 2.75) is 38.9 Å². The SMILES string of the molecule is CC(C)C[C@@H](NC(=O)Cc1ccc(C(F)(F)F)cc1)c1nc2ccccc2[nH]1. The largest absolute Gasteiger partial charge is 0.416 e. The lowest BCUT2D eigenvalue weighted by Gasteiger charge is -2.19. The highest BCUT2D eigenvalue weighted by Crippen LogP contribution is 2.29. The molecule has 1 atom stereocenters. The first-order chi connectivity index (χ1) is 13.2. The van der Waals surface area contributed by atoms with Gasteiger partial charge in [-0.3, -0.25) is 4.79 Å². The zero-order chi connectivity index (χ0) is 20.3. The minimum atomic E-state index is -4.38. The number of hydrogen-bond donors (Lipinski definition) is 2. The topological polar surface area (TPSA) is 57.8 Å². The number of nitrogens with zero attached hydrogens (tertiary/aromatic N) is 1. The summed E-state index contributed by atoms with van der Waals surface area (Å²) in [5.41, 5.74) is 1.52. The first kappa shape index (κ1) is 19.9. The predicted molar refractivity (Wildman–Crippen MR) is 102 cm³/mol. The van der Waals surface area contributed by atoms with Gasteiger partial charge in [0.05, 0.1) is 29.1 Å². The van der Waals surface area contributed by atoms with Gasteiger partial charge in [-0.2, -0.15) is 13.2 Å². The van der Waals surface area contributed by atoms with Gasteiger partial charge in [-0.1, -0.05) is 38.1 Å². The van der Waals surface area contributed by atoms with Gasteiger partial charge in [0, 0.05) is 0 Å². The van der Waals surface area contributed by atoms with Gasteiger partial charge in [-0.15, -0.1) is 0 Å². The third-order valence-corrected chi connectivity index (χ3v) is 4.43. The van der Waals surface area contributed by atoms with E-state index in [2.05, 4.69) is 29.1 Å². The summed E-state index contributed by atoms with van der Waals surface area (Å²) in [6.45, 7) is 4.11. The Morgan fingerprint density at radius 3 is 2.39 bits per heavy atom. The van der Waals surface area contributed by atoms with Gasteiger partial charge in [-0.05, 0) is 42.2 Å². The van der Waals surface area contributed by atoms with Gasteiger partial charge in [0.1, 0.15) is 5.82 Å². The Bertz CT molecular complexity index is 912. The van der Waals surface area contributed by atoms with Crippen LogP contribution in [0.3, 0.4) is 0 Å². The van der Waals surface area contributed by atoms with Crippen LogP contribution in [0.25, 0.3) is 11.0 Å². The number of benzene rings is 2. The van der Waals surface area contributed by atoms with Crippen molar-refractivity contribution in [1.82, 2.24) is 15.3 Å². The summed E-state index contributed by atoms with van der Waals surface area (Å²) < 4.78 is 38.0.